The molecule has 0 saturated carbocycles. The Morgan fingerprint density at radius 2 is 1.94 bits per heavy atom. The number of anilines is 2. The van der Waals surface area contributed by atoms with E-state index in [1.165, 1.54) is 12.5 Å². The van der Waals surface area contributed by atoms with Crippen LogP contribution in [0.5, 0.6) is 0 Å². The van der Waals surface area contributed by atoms with E-state index >= 15 is 0 Å². The lowest BCUT2D eigenvalue weighted by Gasteiger charge is -2.37. The average molecular weight is 480 g/mol. The van der Waals surface area contributed by atoms with Crippen LogP contribution in [0, 0.1) is 0 Å². The molecule has 1 N–H and O–H groups in total. The van der Waals surface area contributed by atoms with Crippen LogP contribution in [0.4, 0.5) is 24.7 Å². The minimum atomic E-state index is -4.52. The lowest BCUT2D eigenvalue weighted by molar-refractivity contribution is -0.174. The zero-order valence-corrected chi connectivity index (χ0v) is 18.2. The number of carbonyl (C=O) groups is 1. The molecule has 2 atom stereocenters. The van der Waals surface area contributed by atoms with Crippen molar-refractivity contribution in [2.75, 3.05) is 36.4 Å². The Hall–Kier alpha value is -3.14. The maximum atomic E-state index is 13.8. The van der Waals surface area contributed by atoms with Gasteiger partial charge in [-0.25, -0.2) is 4.68 Å². The number of nitrogens with one attached hydrogen (secondary N) is 1. The van der Waals surface area contributed by atoms with Gasteiger partial charge in [0.05, 0.1) is 18.5 Å². The quantitative estimate of drug-likeness (QED) is 0.587. The molecular weight excluding hydrogens is 459 g/mol. The SMILES string of the molecule is O=C(c1cnn2c1N[C@H](c1ccco1)C[C@H]2C(F)(F)F)N1CCN(c2cccc(Cl)c2)CC1. The van der Waals surface area contributed by atoms with E-state index in [9.17, 15) is 18.0 Å². The Bertz CT molecular complexity index is 1140. The summed E-state index contributed by atoms with van der Waals surface area (Å²) in [7, 11) is 0. The highest BCUT2D eigenvalue weighted by Gasteiger charge is 2.48. The number of furan rings is 1. The summed E-state index contributed by atoms with van der Waals surface area (Å²) in [5.41, 5.74) is 1.09. The van der Waals surface area contributed by atoms with E-state index in [4.69, 9.17) is 16.0 Å². The number of alkyl halides is 3. The molecule has 0 aliphatic carbocycles. The third kappa shape index (κ3) is 4.15. The third-order valence-corrected chi connectivity index (χ3v) is 6.33. The molecule has 0 unspecified atom stereocenters. The molecule has 1 amide bonds. The van der Waals surface area contributed by atoms with Gasteiger partial charge in [-0.1, -0.05) is 17.7 Å². The number of benzene rings is 1. The summed E-state index contributed by atoms with van der Waals surface area (Å²) in [6.45, 7) is 2.03. The van der Waals surface area contributed by atoms with Gasteiger partial charge in [0.15, 0.2) is 6.04 Å². The molecule has 174 valence electrons. The summed E-state index contributed by atoms with van der Waals surface area (Å²) in [4.78, 5) is 17.0. The molecule has 1 fully saturated rings. The zero-order valence-electron chi connectivity index (χ0n) is 17.4. The summed E-state index contributed by atoms with van der Waals surface area (Å²) in [5, 5.41) is 7.62. The van der Waals surface area contributed by atoms with Gasteiger partial charge in [-0.2, -0.15) is 18.3 Å². The second kappa shape index (κ2) is 8.33. The predicted molar refractivity (Wildman–Crippen MR) is 117 cm³/mol. The lowest BCUT2D eigenvalue weighted by Crippen LogP contribution is -2.49. The van der Waals surface area contributed by atoms with Gasteiger partial charge in [-0.3, -0.25) is 4.79 Å². The molecule has 2 aromatic heterocycles. The standard InChI is InChI=1S/C22H21ClF3N5O2/c23-14-3-1-4-15(11-14)29-6-8-30(9-7-29)21(32)16-13-27-31-19(22(24,25)26)12-17(28-20(16)31)18-5-2-10-33-18/h1-5,10-11,13,17,19,28H,6-9,12H2/t17-,19-/m0/s1. The largest absolute Gasteiger partial charge is 0.467 e. The highest BCUT2D eigenvalue weighted by atomic mass is 35.5. The average Bonchev–Trinajstić information content (AvgIpc) is 3.47. The summed E-state index contributed by atoms with van der Waals surface area (Å²) in [6.07, 6.45) is -2.16. The smallest absolute Gasteiger partial charge is 0.410 e. The Morgan fingerprint density at radius 1 is 1.15 bits per heavy atom. The Balaban J connectivity index is 1.37. The minimum absolute atomic E-state index is 0.0623. The van der Waals surface area contributed by atoms with Crippen molar-refractivity contribution in [1.29, 1.82) is 0 Å². The van der Waals surface area contributed by atoms with Crippen molar-refractivity contribution in [2.24, 2.45) is 0 Å². The van der Waals surface area contributed by atoms with Crippen LogP contribution in [-0.2, 0) is 0 Å². The maximum absolute atomic E-state index is 13.8. The van der Waals surface area contributed by atoms with Crippen LogP contribution < -0.4 is 10.2 Å². The number of nitrogens with zero attached hydrogens (tertiary/aromatic N) is 4. The number of halogens is 4. The van der Waals surface area contributed by atoms with Gasteiger partial charge in [0, 0.05) is 43.3 Å². The van der Waals surface area contributed by atoms with E-state index in [0.717, 1.165) is 10.4 Å². The van der Waals surface area contributed by atoms with E-state index in [1.54, 1.807) is 23.1 Å². The molecule has 1 saturated heterocycles. The van der Waals surface area contributed by atoms with E-state index in [1.807, 2.05) is 18.2 Å². The molecule has 11 heteroatoms. The third-order valence-electron chi connectivity index (χ3n) is 6.10. The molecule has 33 heavy (non-hydrogen) atoms. The summed E-state index contributed by atoms with van der Waals surface area (Å²) in [5.74, 6) is 0.0907. The van der Waals surface area contributed by atoms with E-state index in [2.05, 4.69) is 15.3 Å². The van der Waals surface area contributed by atoms with Gasteiger partial charge in [0.2, 0.25) is 0 Å². The van der Waals surface area contributed by atoms with Crippen molar-refractivity contribution in [2.45, 2.75) is 24.7 Å². The molecule has 0 radical (unpaired) electrons. The first-order chi connectivity index (χ1) is 15.8. The van der Waals surface area contributed by atoms with Gasteiger partial charge in [-0.15, -0.1) is 0 Å². The summed E-state index contributed by atoms with van der Waals surface area (Å²) in [6, 6.07) is 8.14. The van der Waals surface area contributed by atoms with E-state index in [-0.39, 0.29) is 23.7 Å². The zero-order chi connectivity index (χ0) is 23.2. The fourth-order valence-electron chi connectivity index (χ4n) is 4.41. The molecule has 1 aromatic carbocycles. The number of piperazine rings is 1. The number of amides is 1. The molecule has 2 aliphatic rings. The first-order valence-electron chi connectivity index (χ1n) is 10.5. The Morgan fingerprint density at radius 3 is 2.61 bits per heavy atom. The van der Waals surface area contributed by atoms with Crippen LogP contribution in [0.2, 0.25) is 5.02 Å². The first-order valence-corrected chi connectivity index (χ1v) is 10.9. The van der Waals surface area contributed by atoms with Crippen molar-refractivity contribution < 1.29 is 22.4 Å². The van der Waals surface area contributed by atoms with Crippen LogP contribution in [0.1, 0.15) is 34.6 Å². The number of hydrogen-bond donors (Lipinski definition) is 1. The van der Waals surface area contributed by atoms with Crippen LogP contribution >= 0.6 is 11.6 Å². The van der Waals surface area contributed by atoms with Gasteiger partial charge >= 0.3 is 6.18 Å². The predicted octanol–water partition coefficient (Wildman–Crippen LogP) is 4.75. The van der Waals surface area contributed by atoms with Gasteiger partial charge in [0.1, 0.15) is 17.1 Å². The lowest BCUT2D eigenvalue weighted by atomic mass is 10.0. The molecule has 5 rings (SSSR count). The monoisotopic (exact) mass is 479 g/mol. The highest BCUT2D eigenvalue weighted by molar-refractivity contribution is 6.30. The van der Waals surface area contributed by atoms with Gasteiger partial charge in [0.25, 0.3) is 5.91 Å². The molecule has 7 nitrogen and oxygen atoms in total. The molecular formula is C22H21ClF3N5O2. The van der Waals surface area contributed by atoms with Crippen LogP contribution in [-0.4, -0.2) is 52.9 Å². The van der Waals surface area contributed by atoms with Crippen LogP contribution in [0.3, 0.4) is 0 Å². The minimum Gasteiger partial charge on any atom is -0.467 e. The molecule has 0 bridgehead atoms. The molecule has 4 heterocycles. The van der Waals surface area contributed by atoms with Crippen molar-refractivity contribution >= 4 is 29.0 Å². The number of fused-ring (bicyclic) bond motifs is 1. The maximum Gasteiger partial charge on any atom is 0.410 e. The van der Waals surface area contributed by atoms with Crippen LogP contribution in [0.25, 0.3) is 0 Å². The normalized spacial score (nSPS) is 21.0. The Labute approximate surface area is 192 Å². The second-order valence-corrected chi connectivity index (χ2v) is 8.55. The molecule has 2 aliphatic heterocycles. The fraction of sp³-hybridized carbons (Fsp3) is 0.364. The topological polar surface area (TPSA) is 66.5 Å². The van der Waals surface area contributed by atoms with Crippen molar-refractivity contribution in [1.82, 2.24) is 14.7 Å². The second-order valence-electron chi connectivity index (χ2n) is 8.12. The van der Waals surface area contributed by atoms with E-state index < -0.39 is 18.3 Å². The van der Waals surface area contributed by atoms with Crippen molar-refractivity contribution in [3.8, 4) is 0 Å². The number of carbonyl (C=O) groups excluding carboxylic acids is 1. The fourth-order valence-corrected chi connectivity index (χ4v) is 4.59. The van der Waals surface area contributed by atoms with Crippen molar-refractivity contribution in [3.05, 3.63) is 65.2 Å². The van der Waals surface area contributed by atoms with E-state index in [0.29, 0.717) is 37.0 Å². The summed E-state index contributed by atoms with van der Waals surface area (Å²) < 4.78 is 47.6. The molecule has 3 aromatic rings. The Kier molecular flexibility index (Phi) is 5.48. The van der Waals surface area contributed by atoms with Crippen molar-refractivity contribution in [3.63, 3.8) is 0 Å². The van der Waals surface area contributed by atoms with Gasteiger partial charge in [-0.05, 0) is 30.3 Å². The van der Waals surface area contributed by atoms with Crippen LogP contribution in [0.15, 0.2) is 53.3 Å². The highest BCUT2D eigenvalue weighted by Crippen LogP contribution is 2.44. The summed E-state index contributed by atoms with van der Waals surface area (Å²) >= 11 is 6.08. The first kappa shape index (κ1) is 21.7. The molecule has 0 spiro atoms. The number of rotatable bonds is 3. The van der Waals surface area contributed by atoms with Gasteiger partial charge < -0.3 is 19.5 Å². The number of hydrogen-bond acceptors (Lipinski definition) is 5. The number of aromatic nitrogens is 2.